The van der Waals surface area contributed by atoms with Gasteiger partial charge in [0.05, 0.1) is 6.10 Å². The molecule has 0 aromatic rings. The Balaban J connectivity index is 1.71. The van der Waals surface area contributed by atoms with Gasteiger partial charge in [-0.15, -0.1) is 0 Å². The van der Waals surface area contributed by atoms with Gasteiger partial charge in [0, 0.05) is 19.2 Å². The molecule has 0 heterocycles. The van der Waals surface area contributed by atoms with Crippen LogP contribution in [0.3, 0.4) is 0 Å². The first-order valence-corrected chi connectivity index (χ1v) is 7.17. The van der Waals surface area contributed by atoms with E-state index in [-0.39, 0.29) is 0 Å². The average Bonchev–Trinajstić information content (AvgIpc) is 2.69. The van der Waals surface area contributed by atoms with E-state index in [0.29, 0.717) is 6.10 Å². The van der Waals surface area contributed by atoms with E-state index in [1.54, 1.807) is 0 Å². The number of ether oxygens (including phenoxy) is 1. The molecule has 2 fully saturated rings. The SMILES string of the molecule is COC1CCC(NC2CCCCCCC2)C1. The van der Waals surface area contributed by atoms with Crippen LogP contribution in [0, 0.1) is 0 Å². The smallest absolute Gasteiger partial charge is 0.0586 e. The maximum absolute atomic E-state index is 5.44. The highest BCUT2D eigenvalue weighted by atomic mass is 16.5. The summed E-state index contributed by atoms with van der Waals surface area (Å²) in [5.74, 6) is 0. The molecule has 94 valence electrons. The van der Waals surface area contributed by atoms with Gasteiger partial charge in [-0.3, -0.25) is 0 Å². The van der Waals surface area contributed by atoms with Gasteiger partial charge >= 0.3 is 0 Å². The molecule has 0 aromatic heterocycles. The molecule has 2 nitrogen and oxygen atoms in total. The van der Waals surface area contributed by atoms with Crippen LogP contribution in [0.1, 0.15) is 64.2 Å². The number of hydrogen-bond donors (Lipinski definition) is 1. The van der Waals surface area contributed by atoms with Crippen LogP contribution in [0.2, 0.25) is 0 Å². The maximum atomic E-state index is 5.44. The second-order valence-electron chi connectivity index (χ2n) is 5.58. The summed E-state index contributed by atoms with van der Waals surface area (Å²) < 4.78 is 5.44. The fourth-order valence-corrected chi connectivity index (χ4v) is 3.26. The summed E-state index contributed by atoms with van der Waals surface area (Å²) in [4.78, 5) is 0. The number of hydrogen-bond acceptors (Lipinski definition) is 2. The molecular formula is C14H27NO. The van der Waals surface area contributed by atoms with Crippen LogP contribution in [-0.4, -0.2) is 25.3 Å². The van der Waals surface area contributed by atoms with Gasteiger partial charge in [0.1, 0.15) is 0 Å². The van der Waals surface area contributed by atoms with Gasteiger partial charge in [-0.1, -0.05) is 32.1 Å². The average molecular weight is 225 g/mol. The minimum Gasteiger partial charge on any atom is -0.381 e. The minimum absolute atomic E-state index is 0.519. The third-order valence-electron chi connectivity index (χ3n) is 4.29. The van der Waals surface area contributed by atoms with E-state index in [9.17, 15) is 0 Å². The first-order valence-electron chi connectivity index (χ1n) is 7.17. The van der Waals surface area contributed by atoms with E-state index in [1.807, 2.05) is 7.11 Å². The molecule has 0 bridgehead atoms. The summed E-state index contributed by atoms with van der Waals surface area (Å²) >= 11 is 0. The Kier molecular flexibility index (Phi) is 5.11. The Labute approximate surface area is 100 Å². The van der Waals surface area contributed by atoms with Crippen LogP contribution in [0.5, 0.6) is 0 Å². The van der Waals surface area contributed by atoms with Crippen LogP contribution in [0.25, 0.3) is 0 Å². The van der Waals surface area contributed by atoms with Crippen molar-refractivity contribution >= 4 is 0 Å². The molecule has 2 atom stereocenters. The molecule has 2 aliphatic rings. The van der Waals surface area contributed by atoms with Crippen molar-refractivity contribution in [2.24, 2.45) is 0 Å². The molecule has 0 radical (unpaired) electrons. The lowest BCUT2D eigenvalue weighted by molar-refractivity contribution is 0.106. The summed E-state index contributed by atoms with van der Waals surface area (Å²) in [6.07, 6.45) is 14.3. The fourth-order valence-electron chi connectivity index (χ4n) is 3.26. The highest BCUT2D eigenvalue weighted by molar-refractivity contribution is 4.84. The van der Waals surface area contributed by atoms with E-state index in [0.717, 1.165) is 12.1 Å². The minimum atomic E-state index is 0.519. The second-order valence-corrected chi connectivity index (χ2v) is 5.58. The molecule has 2 aliphatic carbocycles. The number of nitrogens with one attached hydrogen (secondary N) is 1. The molecule has 16 heavy (non-hydrogen) atoms. The fraction of sp³-hybridized carbons (Fsp3) is 1.00. The van der Waals surface area contributed by atoms with Crippen molar-refractivity contribution in [3.63, 3.8) is 0 Å². The monoisotopic (exact) mass is 225 g/mol. The van der Waals surface area contributed by atoms with Gasteiger partial charge in [0.25, 0.3) is 0 Å². The summed E-state index contributed by atoms with van der Waals surface area (Å²) in [7, 11) is 1.85. The highest BCUT2D eigenvalue weighted by Gasteiger charge is 2.26. The zero-order valence-corrected chi connectivity index (χ0v) is 10.7. The normalized spacial score (nSPS) is 33.6. The van der Waals surface area contributed by atoms with Crippen molar-refractivity contribution < 1.29 is 4.74 Å². The van der Waals surface area contributed by atoms with Gasteiger partial charge in [-0.25, -0.2) is 0 Å². The van der Waals surface area contributed by atoms with Crippen molar-refractivity contribution in [3.05, 3.63) is 0 Å². The Morgan fingerprint density at radius 1 is 0.812 bits per heavy atom. The first-order chi connectivity index (χ1) is 7.88. The summed E-state index contributed by atoms with van der Waals surface area (Å²) in [5, 5.41) is 3.87. The van der Waals surface area contributed by atoms with Crippen molar-refractivity contribution in [1.29, 1.82) is 0 Å². The molecule has 0 amide bonds. The number of methoxy groups -OCH3 is 1. The Hall–Kier alpha value is -0.0800. The number of rotatable bonds is 3. The zero-order valence-electron chi connectivity index (χ0n) is 10.7. The van der Waals surface area contributed by atoms with Gasteiger partial charge in [0.15, 0.2) is 0 Å². The molecule has 2 saturated carbocycles. The predicted octanol–water partition coefficient (Wildman–Crippen LogP) is 3.26. The standard InChI is InChI=1S/C14H27NO/c1-16-14-10-9-13(11-14)15-12-7-5-3-2-4-6-8-12/h12-15H,2-11H2,1H3. The highest BCUT2D eigenvalue weighted by Crippen LogP contribution is 2.24. The Bertz CT molecular complexity index is 187. The lowest BCUT2D eigenvalue weighted by Crippen LogP contribution is -2.37. The Morgan fingerprint density at radius 2 is 1.50 bits per heavy atom. The molecule has 0 spiro atoms. The molecule has 0 aromatic carbocycles. The molecule has 2 heteroatoms. The van der Waals surface area contributed by atoms with Crippen LogP contribution >= 0.6 is 0 Å². The van der Waals surface area contributed by atoms with Gasteiger partial charge in [-0.05, 0) is 32.1 Å². The van der Waals surface area contributed by atoms with Crippen molar-refractivity contribution in [2.75, 3.05) is 7.11 Å². The molecule has 0 aliphatic heterocycles. The molecule has 2 rings (SSSR count). The van der Waals surface area contributed by atoms with Crippen LogP contribution in [-0.2, 0) is 4.74 Å². The quantitative estimate of drug-likeness (QED) is 0.796. The third-order valence-corrected chi connectivity index (χ3v) is 4.29. The van der Waals surface area contributed by atoms with Crippen molar-refractivity contribution in [1.82, 2.24) is 5.32 Å². The molecule has 1 N–H and O–H groups in total. The second kappa shape index (κ2) is 6.61. The van der Waals surface area contributed by atoms with Crippen LogP contribution in [0.15, 0.2) is 0 Å². The maximum Gasteiger partial charge on any atom is 0.0586 e. The van der Waals surface area contributed by atoms with Gasteiger partial charge < -0.3 is 10.1 Å². The van der Waals surface area contributed by atoms with Crippen molar-refractivity contribution in [2.45, 2.75) is 82.4 Å². The first kappa shape index (κ1) is 12.4. The van der Waals surface area contributed by atoms with Gasteiger partial charge in [0.2, 0.25) is 0 Å². The lowest BCUT2D eigenvalue weighted by atomic mass is 9.96. The largest absolute Gasteiger partial charge is 0.381 e. The van der Waals surface area contributed by atoms with Crippen LogP contribution in [0.4, 0.5) is 0 Å². The zero-order chi connectivity index (χ0) is 11.2. The third kappa shape index (κ3) is 3.74. The van der Waals surface area contributed by atoms with E-state index >= 15 is 0 Å². The summed E-state index contributed by atoms with van der Waals surface area (Å²) in [6, 6.07) is 1.52. The van der Waals surface area contributed by atoms with E-state index < -0.39 is 0 Å². The van der Waals surface area contributed by atoms with E-state index in [4.69, 9.17) is 4.74 Å². The topological polar surface area (TPSA) is 21.3 Å². The van der Waals surface area contributed by atoms with Crippen molar-refractivity contribution in [3.8, 4) is 0 Å². The molecule has 2 unspecified atom stereocenters. The molecular weight excluding hydrogens is 198 g/mol. The summed E-state index contributed by atoms with van der Waals surface area (Å²) in [5.41, 5.74) is 0. The Morgan fingerprint density at radius 3 is 2.12 bits per heavy atom. The molecule has 0 saturated heterocycles. The van der Waals surface area contributed by atoms with E-state index in [1.165, 1.54) is 64.2 Å². The van der Waals surface area contributed by atoms with E-state index in [2.05, 4.69) is 5.32 Å². The lowest BCUT2D eigenvalue weighted by Gasteiger charge is -2.24. The summed E-state index contributed by atoms with van der Waals surface area (Å²) in [6.45, 7) is 0. The van der Waals surface area contributed by atoms with Gasteiger partial charge in [-0.2, -0.15) is 0 Å². The van der Waals surface area contributed by atoms with Crippen LogP contribution < -0.4 is 5.32 Å². The predicted molar refractivity (Wildman–Crippen MR) is 67.7 cm³/mol.